The van der Waals surface area contributed by atoms with E-state index in [1.54, 1.807) is 7.05 Å². The molecule has 0 radical (unpaired) electrons. The van der Waals surface area contributed by atoms with E-state index in [2.05, 4.69) is 10.3 Å². The number of nitrogens with zero attached hydrogens (tertiary/aromatic N) is 2. The number of likely N-dealkylation sites (N-methyl/N-ethyl adjacent to an activating group) is 2. The van der Waals surface area contributed by atoms with Crippen LogP contribution in [0.25, 0.3) is 0 Å². The van der Waals surface area contributed by atoms with Crippen LogP contribution in [0.1, 0.15) is 19.3 Å². The largest absolute Gasteiger partial charge is 0.390 e. The van der Waals surface area contributed by atoms with Gasteiger partial charge in [-0.25, -0.2) is 0 Å². The topological polar surface area (TPSA) is 171 Å². The fourth-order valence-corrected chi connectivity index (χ4v) is 4.05. The van der Waals surface area contributed by atoms with E-state index in [-0.39, 0.29) is 24.6 Å². The van der Waals surface area contributed by atoms with E-state index < -0.39 is 36.7 Å². The van der Waals surface area contributed by atoms with Gasteiger partial charge in [-0.1, -0.05) is 0 Å². The number of amides is 1. The number of nitrogens with one attached hydrogen (secondary N) is 1. The molecule has 1 saturated heterocycles. The molecule has 11 heteroatoms. The van der Waals surface area contributed by atoms with Crippen molar-refractivity contribution in [1.29, 1.82) is 0 Å². The summed E-state index contributed by atoms with van der Waals surface area (Å²) in [5.74, 6) is -0.299. The summed E-state index contributed by atoms with van der Waals surface area (Å²) in [6.07, 6.45) is 0.0454. The van der Waals surface area contributed by atoms with Crippen molar-refractivity contribution in [3.8, 4) is 0 Å². The van der Waals surface area contributed by atoms with E-state index in [1.165, 1.54) is 12.0 Å². The van der Waals surface area contributed by atoms with Crippen LogP contribution in [0, 0.1) is 0 Å². The second kappa shape index (κ2) is 11.2. The van der Waals surface area contributed by atoms with Crippen molar-refractivity contribution >= 4 is 12.2 Å². The molecular formula is C18H36N6O5. The van der Waals surface area contributed by atoms with Crippen LogP contribution < -0.4 is 22.5 Å². The normalized spacial score (nSPS) is 38.3. The molecule has 1 aliphatic heterocycles. The van der Waals surface area contributed by atoms with Crippen LogP contribution in [-0.4, -0.2) is 105 Å². The van der Waals surface area contributed by atoms with E-state index in [0.717, 1.165) is 19.2 Å². The molecule has 0 bridgehead atoms. The number of carbonyl (C=O) groups is 1. The molecule has 2 rings (SSSR count). The fraction of sp³-hybridized carbons (Fsp3) is 0.889. The standard InChI is InChI=1S/C18H36N6O5/c1-22-7-10-4-5-11(20)18(28-10)29-17-12(21)6-13(27-3)15(16(17)26)24(2)14(25)8-23-9-19/h9-13,15-18,22,26H,4-8,20-21H2,1-3H3,(H2,19,23)/t10-,11+,12-,13-,15+,16+,17+,18+/m0/s1. The highest BCUT2D eigenvalue weighted by Crippen LogP contribution is 2.30. The number of aliphatic imine (C=N–C) groups is 1. The zero-order valence-corrected chi connectivity index (χ0v) is 17.4. The molecule has 0 aromatic carbocycles. The van der Waals surface area contributed by atoms with Crippen molar-refractivity contribution in [2.24, 2.45) is 22.2 Å². The zero-order valence-electron chi connectivity index (χ0n) is 17.4. The van der Waals surface area contributed by atoms with Crippen molar-refractivity contribution in [2.75, 3.05) is 34.3 Å². The second-order valence-electron chi connectivity index (χ2n) is 7.68. The molecule has 2 fully saturated rings. The first-order valence-corrected chi connectivity index (χ1v) is 9.97. The van der Waals surface area contributed by atoms with Gasteiger partial charge in [0.05, 0.1) is 30.6 Å². The van der Waals surface area contributed by atoms with Crippen molar-refractivity contribution < 1.29 is 24.1 Å². The van der Waals surface area contributed by atoms with Crippen LogP contribution in [0.3, 0.4) is 0 Å². The van der Waals surface area contributed by atoms with Gasteiger partial charge < -0.3 is 46.7 Å². The highest BCUT2D eigenvalue weighted by Gasteiger charge is 2.48. The number of hydrogen-bond donors (Lipinski definition) is 5. The van der Waals surface area contributed by atoms with Crippen LogP contribution in [0.5, 0.6) is 0 Å². The number of aliphatic hydroxyl groups is 1. The number of carbonyl (C=O) groups excluding carboxylic acids is 1. The maximum atomic E-state index is 12.4. The van der Waals surface area contributed by atoms with E-state index in [0.29, 0.717) is 13.0 Å². The molecular weight excluding hydrogens is 380 g/mol. The summed E-state index contributed by atoms with van der Waals surface area (Å²) in [5.41, 5.74) is 17.7. The maximum Gasteiger partial charge on any atom is 0.244 e. The molecule has 168 valence electrons. The van der Waals surface area contributed by atoms with E-state index in [9.17, 15) is 9.90 Å². The van der Waals surface area contributed by atoms with Crippen LogP contribution >= 0.6 is 0 Å². The minimum atomic E-state index is -1.08. The van der Waals surface area contributed by atoms with Crippen LogP contribution in [-0.2, 0) is 19.0 Å². The molecule has 2 aliphatic rings. The number of nitrogens with two attached hydrogens (primary N) is 3. The highest BCUT2D eigenvalue weighted by molar-refractivity contribution is 5.79. The Hall–Kier alpha value is -1.34. The van der Waals surface area contributed by atoms with Gasteiger partial charge in [0, 0.05) is 26.7 Å². The SMILES string of the molecule is CNC[C@@H]1CC[C@@H](N)[C@@H](O[C@H]2[C@H](O)[C@H](N(C)C(=O)CN=CN)[C@@H](OC)C[C@@H]2N)O1. The molecule has 1 heterocycles. The van der Waals surface area contributed by atoms with Gasteiger partial charge in [-0.2, -0.15) is 0 Å². The molecule has 0 aromatic rings. The Balaban J connectivity index is 2.13. The first-order valence-electron chi connectivity index (χ1n) is 9.97. The maximum absolute atomic E-state index is 12.4. The second-order valence-corrected chi connectivity index (χ2v) is 7.68. The Morgan fingerprint density at radius 2 is 2.10 bits per heavy atom. The van der Waals surface area contributed by atoms with Gasteiger partial charge in [0.2, 0.25) is 5.91 Å². The van der Waals surface area contributed by atoms with Crippen LogP contribution in [0.4, 0.5) is 0 Å². The van der Waals surface area contributed by atoms with Crippen LogP contribution in [0.15, 0.2) is 4.99 Å². The molecule has 1 amide bonds. The van der Waals surface area contributed by atoms with Gasteiger partial charge in [0.25, 0.3) is 0 Å². The van der Waals surface area contributed by atoms with E-state index in [4.69, 9.17) is 31.4 Å². The van der Waals surface area contributed by atoms with Gasteiger partial charge in [-0.3, -0.25) is 9.79 Å². The monoisotopic (exact) mass is 416 g/mol. The van der Waals surface area contributed by atoms with Crippen molar-refractivity contribution in [2.45, 2.75) is 68.1 Å². The smallest absolute Gasteiger partial charge is 0.244 e. The van der Waals surface area contributed by atoms with Gasteiger partial charge in [-0.05, 0) is 26.3 Å². The predicted octanol–water partition coefficient (Wildman–Crippen LogP) is -2.66. The van der Waals surface area contributed by atoms with Crippen molar-refractivity contribution in [3.05, 3.63) is 0 Å². The van der Waals surface area contributed by atoms with Crippen molar-refractivity contribution in [3.63, 3.8) is 0 Å². The van der Waals surface area contributed by atoms with Gasteiger partial charge >= 0.3 is 0 Å². The van der Waals surface area contributed by atoms with E-state index >= 15 is 0 Å². The van der Waals surface area contributed by atoms with E-state index in [1.807, 2.05) is 7.05 Å². The summed E-state index contributed by atoms with van der Waals surface area (Å²) >= 11 is 0. The average molecular weight is 417 g/mol. The summed E-state index contributed by atoms with van der Waals surface area (Å²) in [7, 11) is 4.97. The van der Waals surface area contributed by atoms with Gasteiger partial charge in [-0.15, -0.1) is 0 Å². The Morgan fingerprint density at radius 3 is 2.72 bits per heavy atom. The Bertz CT molecular complexity index is 553. The average Bonchev–Trinajstić information content (AvgIpc) is 2.70. The number of ether oxygens (including phenoxy) is 3. The Labute approximate surface area is 171 Å². The lowest BCUT2D eigenvalue weighted by Gasteiger charge is -2.48. The molecule has 11 nitrogen and oxygen atoms in total. The summed E-state index contributed by atoms with van der Waals surface area (Å²) in [4.78, 5) is 17.6. The Morgan fingerprint density at radius 1 is 1.38 bits per heavy atom. The molecule has 8 atom stereocenters. The molecule has 0 unspecified atom stereocenters. The predicted molar refractivity (Wildman–Crippen MR) is 108 cm³/mol. The summed E-state index contributed by atoms with van der Waals surface area (Å²) in [6.45, 7) is 0.561. The number of methoxy groups -OCH3 is 1. The third-order valence-electron chi connectivity index (χ3n) is 5.69. The lowest BCUT2D eigenvalue weighted by Crippen LogP contribution is -2.66. The Kier molecular flexibility index (Phi) is 9.21. The number of hydrogen-bond acceptors (Lipinski definition) is 9. The summed E-state index contributed by atoms with van der Waals surface area (Å²) < 4.78 is 17.6. The van der Waals surface area contributed by atoms with Crippen molar-refractivity contribution in [1.82, 2.24) is 10.2 Å². The highest BCUT2D eigenvalue weighted by atomic mass is 16.7. The fourth-order valence-electron chi connectivity index (χ4n) is 4.05. The number of rotatable bonds is 8. The quantitative estimate of drug-likeness (QED) is 0.209. The molecule has 29 heavy (non-hydrogen) atoms. The third kappa shape index (κ3) is 5.85. The molecule has 0 spiro atoms. The zero-order chi connectivity index (χ0) is 21.6. The molecule has 0 aromatic heterocycles. The molecule has 1 aliphatic carbocycles. The number of aliphatic hydroxyl groups excluding tert-OH is 1. The minimum Gasteiger partial charge on any atom is -0.390 e. The first-order chi connectivity index (χ1) is 13.8. The lowest BCUT2D eigenvalue weighted by atomic mass is 9.83. The summed E-state index contributed by atoms with van der Waals surface area (Å²) in [6, 6.07) is -1.48. The first kappa shape index (κ1) is 23.9. The summed E-state index contributed by atoms with van der Waals surface area (Å²) in [5, 5.41) is 14.2. The molecule has 1 saturated carbocycles. The van der Waals surface area contributed by atoms with Gasteiger partial charge in [0.15, 0.2) is 6.29 Å². The minimum absolute atomic E-state index is 0.0253. The lowest BCUT2D eigenvalue weighted by molar-refractivity contribution is -0.254. The third-order valence-corrected chi connectivity index (χ3v) is 5.69. The van der Waals surface area contributed by atoms with Crippen LogP contribution in [0.2, 0.25) is 0 Å². The van der Waals surface area contributed by atoms with Gasteiger partial charge in [0.1, 0.15) is 18.8 Å². The molecule has 8 N–H and O–H groups in total.